The average molecular weight is 313 g/mol. The summed E-state index contributed by atoms with van der Waals surface area (Å²) in [4.78, 5) is 9.18. The Balaban J connectivity index is 0.000000338. The maximum absolute atomic E-state index is 9.18. The number of rotatable bonds is 3. The van der Waals surface area contributed by atoms with Gasteiger partial charge in [0.1, 0.15) is 5.54 Å². The molecule has 0 aromatic heterocycles. The number of ether oxygens (including phenoxy) is 1. The standard InChI is InChI=1S/C17H21N.C3H6O2/c1-3-17(15-10-6-4-8-13(15)2)16-11-7-5-9-14(16)12-18-17;1-2-5-3-4/h1,4,6,8,10,14,16,18H,5,7,9,11-12H2,2H3;3H,2H2,1H3. The fourth-order valence-electron chi connectivity index (χ4n) is 4.06. The van der Waals surface area contributed by atoms with E-state index >= 15 is 0 Å². The Hall–Kier alpha value is -1.79. The van der Waals surface area contributed by atoms with Crippen LogP contribution < -0.4 is 5.32 Å². The number of terminal acetylenes is 1. The Morgan fingerprint density at radius 1 is 1.39 bits per heavy atom. The quantitative estimate of drug-likeness (QED) is 0.686. The van der Waals surface area contributed by atoms with Gasteiger partial charge in [-0.1, -0.05) is 43.0 Å². The molecule has 1 saturated heterocycles. The van der Waals surface area contributed by atoms with E-state index in [1.165, 1.54) is 36.8 Å². The summed E-state index contributed by atoms with van der Waals surface area (Å²) in [6.45, 7) is 5.92. The summed E-state index contributed by atoms with van der Waals surface area (Å²) in [5.41, 5.74) is 2.42. The van der Waals surface area contributed by atoms with E-state index in [-0.39, 0.29) is 5.54 Å². The maximum atomic E-state index is 9.18. The minimum atomic E-state index is -0.212. The van der Waals surface area contributed by atoms with Gasteiger partial charge in [0.05, 0.1) is 6.61 Å². The minimum absolute atomic E-state index is 0.212. The molecular formula is C20H27NO2. The molecule has 1 saturated carbocycles. The molecule has 1 aliphatic carbocycles. The molecular weight excluding hydrogens is 286 g/mol. The number of carbonyl (C=O) groups is 1. The zero-order chi connectivity index (χ0) is 16.7. The van der Waals surface area contributed by atoms with Crippen molar-refractivity contribution >= 4 is 6.47 Å². The predicted molar refractivity (Wildman–Crippen MR) is 92.8 cm³/mol. The summed E-state index contributed by atoms with van der Waals surface area (Å²) in [7, 11) is 0. The lowest BCUT2D eigenvalue weighted by molar-refractivity contribution is -0.128. The van der Waals surface area contributed by atoms with E-state index in [4.69, 9.17) is 6.42 Å². The summed E-state index contributed by atoms with van der Waals surface area (Å²) >= 11 is 0. The molecule has 3 atom stereocenters. The molecule has 2 aliphatic rings. The van der Waals surface area contributed by atoms with Crippen LogP contribution in [0.2, 0.25) is 0 Å². The molecule has 1 aliphatic heterocycles. The van der Waals surface area contributed by atoms with Crippen LogP contribution in [0.15, 0.2) is 24.3 Å². The number of aryl methyl sites for hydroxylation is 1. The van der Waals surface area contributed by atoms with Crippen LogP contribution in [0.4, 0.5) is 0 Å². The van der Waals surface area contributed by atoms with Crippen molar-refractivity contribution < 1.29 is 9.53 Å². The number of hydrogen-bond acceptors (Lipinski definition) is 3. The van der Waals surface area contributed by atoms with Gasteiger partial charge >= 0.3 is 0 Å². The van der Waals surface area contributed by atoms with E-state index in [2.05, 4.69) is 47.2 Å². The Morgan fingerprint density at radius 2 is 2.13 bits per heavy atom. The number of hydrogen-bond donors (Lipinski definition) is 1. The van der Waals surface area contributed by atoms with Gasteiger partial charge in [-0.15, -0.1) is 6.42 Å². The van der Waals surface area contributed by atoms with Crippen LogP contribution in [0.25, 0.3) is 0 Å². The first kappa shape index (κ1) is 17.6. The molecule has 23 heavy (non-hydrogen) atoms. The molecule has 0 bridgehead atoms. The zero-order valence-electron chi connectivity index (χ0n) is 14.2. The predicted octanol–water partition coefficient (Wildman–Crippen LogP) is 3.41. The summed E-state index contributed by atoms with van der Waals surface area (Å²) < 4.78 is 4.15. The van der Waals surface area contributed by atoms with E-state index < -0.39 is 0 Å². The van der Waals surface area contributed by atoms with E-state index in [0.717, 1.165) is 12.5 Å². The molecule has 0 spiro atoms. The molecule has 1 N–H and O–H groups in total. The van der Waals surface area contributed by atoms with Crippen molar-refractivity contribution in [3.05, 3.63) is 35.4 Å². The molecule has 0 radical (unpaired) electrons. The third-order valence-corrected chi connectivity index (χ3v) is 5.14. The lowest BCUT2D eigenvalue weighted by atomic mass is 9.69. The molecule has 2 fully saturated rings. The van der Waals surface area contributed by atoms with E-state index in [0.29, 0.717) is 19.0 Å². The van der Waals surface area contributed by atoms with E-state index in [1.54, 1.807) is 6.92 Å². The fourth-order valence-corrected chi connectivity index (χ4v) is 4.06. The van der Waals surface area contributed by atoms with Crippen LogP contribution in [-0.4, -0.2) is 19.6 Å². The van der Waals surface area contributed by atoms with Crippen LogP contribution >= 0.6 is 0 Å². The van der Waals surface area contributed by atoms with Gasteiger partial charge in [0, 0.05) is 6.54 Å². The Labute approximate surface area is 139 Å². The first-order valence-electron chi connectivity index (χ1n) is 8.53. The molecule has 3 unspecified atom stereocenters. The van der Waals surface area contributed by atoms with Gasteiger partial charge in [0.15, 0.2) is 0 Å². The Morgan fingerprint density at radius 3 is 2.74 bits per heavy atom. The number of benzene rings is 1. The molecule has 1 aromatic carbocycles. The highest BCUT2D eigenvalue weighted by Crippen LogP contribution is 2.47. The number of nitrogens with one attached hydrogen (secondary N) is 1. The first-order chi connectivity index (χ1) is 11.2. The number of fused-ring (bicyclic) bond motifs is 1. The monoisotopic (exact) mass is 313 g/mol. The summed E-state index contributed by atoms with van der Waals surface area (Å²) in [6, 6.07) is 8.58. The molecule has 0 amide bonds. The van der Waals surface area contributed by atoms with Gasteiger partial charge in [-0.05, 0) is 49.7 Å². The topological polar surface area (TPSA) is 38.3 Å². The van der Waals surface area contributed by atoms with Gasteiger partial charge in [-0.25, -0.2) is 0 Å². The lowest BCUT2D eigenvalue weighted by Crippen LogP contribution is -2.42. The third-order valence-electron chi connectivity index (χ3n) is 5.14. The molecule has 124 valence electrons. The summed E-state index contributed by atoms with van der Waals surface area (Å²) in [5, 5.41) is 3.68. The zero-order valence-corrected chi connectivity index (χ0v) is 14.2. The maximum Gasteiger partial charge on any atom is 0.293 e. The van der Waals surface area contributed by atoms with Crippen LogP contribution in [0.5, 0.6) is 0 Å². The van der Waals surface area contributed by atoms with Crippen LogP contribution in [-0.2, 0) is 15.1 Å². The van der Waals surface area contributed by atoms with Crippen molar-refractivity contribution in [3.63, 3.8) is 0 Å². The smallest absolute Gasteiger partial charge is 0.293 e. The highest BCUT2D eigenvalue weighted by atomic mass is 16.5. The van der Waals surface area contributed by atoms with Gasteiger partial charge in [-0.3, -0.25) is 10.1 Å². The van der Waals surface area contributed by atoms with Crippen molar-refractivity contribution in [2.24, 2.45) is 11.8 Å². The van der Waals surface area contributed by atoms with E-state index in [1.807, 2.05) is 0 Å². The van der Waals surface area contributed by atoms with Crippen LogP contribution in [0.3, 0.4) is 0 Å². The van der Waals surface area contributed by atoms with Gasteiger partial charge in [0.25, 0.3) is 6.47 Å². The Kier molecular flexibility index (Phi) is 6.24. The second-order valence-electron chi connectivity index (χ2n) is 6.35. The second-order valence-corrected chi connectivity index (χ2v) is 6.35. The molecule has 1 aromatic rings. The summed E-state index contributed by atoms with van der Waals surface area (Å²) in [5.74, 6) is 4.52. The first-order valence-corrected chi connectivity index (χ1v) is 8.53. The third kappa shape index (κ3) is 3.59. The van der Waals surface area contributed by atoms with Crippen molar-refractivity contribution in [2.75, 3.05) is 13.2 Å². The lowest BCUT2D eigenvalue weighted by Gasteiger charge is -2.36. The van der Waals surface area contributed by atoms with Gasteiger partial charge in [0.2, 0.25) is 0 Å². The van der Waals surface area contributed by atoms with E-state index in [9.17, 15) is 4.79 Å². The molecule has 3 rings (SSSR count). The molecule has 3 nitrogen and oxygen atoms in total. The highest BCUT2D eigenvalue weighted by Gasteiger charge is 2.49. The van der Waals surface area contributed by atoms with Crippen molar-refractivity contribution in [1.82, 2.24) is 5.32 Å². The molecule has 1 heterocycles. The van der Waals surface area contributed by atoms with Gasteiger partial charge in [-0.2, -0.15) is 0 Å². The SMILES string of the molecule is C#CC1(c2ccccc2C)NCC2CCCCC21.CCOC=O. The second kappa shape index (κ2) is 8.17. The number of carbonyl (C=O) groups excluding carboxylic acids is 1. The fraction of sp³-hybridized carbons (Fsp3) is 0.550. The minimum Gasteiger partial charge on any atom is -0.468 e. The van der Waals surface area contributed by atoms with Crippen molar-refractivity contribution in [2.45, 2.75) is 45.1 Å². The van der Waals surface area contributed by atoms with Crippen LogP contribution in [0.1, 0.15) is 43.7 Å². The van der Waals surface area contributed by atoms with Gasteiger partial charge < -0.3 is 4.74 Å². The highest BCUT2D eigenvalue weighted by molar-refractivity contribution is 5.41. The van der Waals surface area contributed by atoms with Crippen molar-refractivity contribution in [3.8, 4) is 12.3 Å². The van der Waals surface area contributed by atoms with Crippen molar-refractivity contribution in [1.29, 1.82) is 0 Å². The largest absolute Gasteiger partial charge is 0.468 e. The average Bonchev–Trinajstić information content (AvgIpc) is 2.97. The molecule has 3 heteroatoms. The summed E-state index contributed by atoms with van der Waals surface area (Å²) in [6.07, 6.45) is 11.3. The Bertz CT molecular complexity index is 563. The normalized spacial score (nSPS) is 28.7. The van der Waals surface area contributed by atoms with Crippen LogP contribution in [0, 0.1) is 31.1 Å².